The third-order valence-electron chi connectivity index (χ3n) is 2.76. The standard InChI is InChI=1S/C11H21N3O4/c1-5(2)8(9(12)15)14-11(18)13-7(4)6(3)10(16)17/h5-8H,1-4H3,(H2,12,15)(H,16,17)(H2,13,14,18). The summed E-state index contributed by atoms with van der Waals surface area (Å²) in [4.78, 5) is 33.4. The highest BCUT2D eigenvalue weighted by atomic mass is 16.4. The molecule has 0 aliphatic rings. The smallest absolute Gasteiger partial charge is 0.315 e. The third-order valence-corrected chi connectivity index (χ3v) is 2.76. The molecule has 3 atom stereocenters. The predicted octanol–water partition coefficient (Wildman–Crippen LogP) is -0.0953. The van der Waals surface area contributed by atoms with Gasteiger partial charge in [0.05, 0.1) is 5.92 Å². The first-order valence-electron chi connectivity index (χ1n) is 5.76. The van der Waals surface area contributed by atoms with Crippen LogP contribution in [-0.2, 0) is 9.59 Å². The van der Waals surface area contributed by atoms with Crippen LogP contribution in [0.4, 0.5) is 4.79 Å². The Morgan fingerprint density at radius 3 is 1.89 bits per heavy atom. The fraction of sp³-hybridized carbons (Fsp3) is 0.727. The minimum atomic E-state index is -1.00. The zero-order chi connectivity index (χ0) is 14.5. The van der Waals surface area contributed by atoms with Gasteiger partial charge in [-0.15, -0.1) is 0 Å². The maximum atomic E-state index is 11.6. The summed E-state index contributed by atoms with van der Waals surface area (Å²) in [6.45, 7) is 6.56. The monoisotopic (exact) mass is 259 g/mol. The van der Waals surface area contributed by atoms with E-state index >= 15 is 0 Å². The number of carboxylic acids is 1. The van der Waals surface area contributed by atoms with Crippen LogP contribution in [0.1, 0.15) is 27.7 Å². The van der Waals surface area contributed by atoms with Gasteiger partial charge in [-0.25, -0.2) is 4.79 Å². The SMILES string of the molecule is CC(C)C(NC(=O)NC(C)C(C)C(=O)O)C(N)=O. The van der Waals surface area contributed by atoms with Crippen molar-refractivity contribution in [3.8, 4) is 0 Å². The van der Waals surface area contributed by atoms with Crippen molar-refractivity contribution in [2.75, 3.05) is 0 Å². The highest BCUT2D eigenvalue weighted by molar-refractivity contribution is 5.86. The lowest BCUT2D eigenvalue weighted by Gasteiger charge is -2.22. The number of rotatable bonds is 6. The zero-order valence-corrected chi connectivity index (χ0v) is 11.1. The molecule has 0 saturated carbocycles. The molecule has 7 nitrogen and oxygen atoms in total. The van der Waals surface area contributed by atoms with Crippen LogP contribution in [0.5, 0.6) is 0 Å². The molecule has 5 N–H and O–H groups in total. The number of amides is 3. The van der Waals surface area contributed by atoms with E-state index in [2.05, 4.69) is 10.6 Å². The van der Waals surface area contributed by atoms with Crippen molar-refractivity contribution in [2.24, 2.45) is 17.6 Å². The van der Waals surface area contributed by atoms with Crippen molar-refractivity contribution < 1.29 is 19.5 Å². The van der Waals surface area contributed by atoms with Crippen LogP contribution < -0.4 is 16.4 Å². The van der Waals surface area contributed by atoms with Gasteiger partial charge in [-0.3, -0.25) is 9.59 Å². The second-order valence-electron chi connectivity index (χ2n) is 4.66. The summed E-state index contributed by atoms with van der Waals surface area (Å²) in [6.07, 6.45) is 0. The van der Waals surface area contributed by atoms with Gasteiger partial charge in [-0.2, -0.15) is 0 Å². The zero-order valence-electron chi connectivity index (χ0n) is 11.1. The summed E-state index contributed by atoms with van der Waals surface area (Å²) in [5.41, 5.74) is 5.15. The molecule has 0 saturated heterocycles. The summed E-state index contributed by atoms with van der Waals surface area (Å²) in [5, 5.41) is 13.7. The Bertz CT molecular complexity index is 330. The van der Waals surface area contributed by atoms with E-state index in [9.17, 15) is 14.4 Å². The predicted molar refractivity (Wildman–Crippen MR) is 65.7 cm³/mol. The van der Waals surface area contributed by atoms with Gasteiger partial charge in [0.25, 0.3) is 0 Å². The van der Waals surface area contributed by atoms with Crippen molar-refractivity contribution in [3.63, 3.8) is 0 Å². The quantitative estimate of drug-likeness (QED) is 0.532. The number of aliphatic carboxylic acids is 1. The van der Waals surface area contributed by atoms with E-state index in [4.69, 9.17) is 10.8 Å². The Morgan fingerprint density at radius 1 is 1.06 bits per heavy atom. The van der Waals surface area contributed by atoms with Crippen LogP contribution in [0.3, 0.4) is 0 Å². The minimum Gasteiger partial charge on any atom is -0.481 e. The lowest BCUT2D eigenvalue weighted by molar-refractivity contribution is -0.141. The average Bonchev–Trinajstić information content (AvgIpc) is 2.23. The van der Waals surface area contributed by atoms with Crippen LogP contribution in [0.25, 0.3) is 0 Å². The van der Waals surface area contributed by atoms with Crippen LogP contribution in [-0.4, -0.2) is 35.1 Å². The molecule has 3 unspecified atom stereocenters. The Labute approximate surface area is 106 Å². The van der Waals surface area contributed by atoms with Crippen LogP contribution in [0.2, 0.25) is 0 Å². The van der Waals surface area contributed by atoms with E-state index in [0.717, 1.165) is 0 Å². The number of nitrogens with two attached hydrogens (primary N) is 1. The lowest BCUT2D eigenvalue weighted by atomic mass is 10.0. The number of carbonyl (C=O) groups excluding carboxylic acids is 2. The molecule has 0 aliphatic carbocycles. The van der Waals surface area contributed by atoms with Gasteiger partial charge in [-0.05, 0) is 19.8 Å². The van der Waals surface area contributed by atoms with Crippen LogP contribution in [0, 0.1) is 11.8 Å². The maximum absolute atomic E-state index is 11.6. The highest BCUT2D eigenvalue weighted by Crippen LogP contribution is 2.03. The minimum absolute atomic E-state index is 0.138. The first-order chi connectivity index (χ1) is 8.16. The van der Waals surface area contributed by atoms with Crippen molar-refractivity contribution in [1.82, 2.24) is 10.6 Å². The normalized spacial score (nSPS) is 15.6. The second kappa shape index (κ2) is 6.83. The summed E-state index contributed by atoms with van der Waals surface area (Å²) in [7, 11) is 0. The number of primary amides is 1. The van der Waals surface area contributed by atoms with E-state index in [0.29, 0.717) is 0 Å². The van der Waals surface area contributed by atoms with E-state index in [1.807, 2.05) is 0 Å². The van der Waals surface area contributed by atoms with E-state index < -0.39 is 35.9 Å². The lowest BCUT2D eigenvalue weighted by Crippen LogP contribution is -2.53. The molecule has 0 heterocycles. The molecule has 0 radical (unpaired) electrons. The van der Waals surface area contributed by atoms with Gasteiger partial charge < -0.3 is 21.5 Å². The first-order valence-corrected chi connectivity index (χ1v) is 5.76. The number of carboxylic acid groups (broad SMARTS) is 1. The first kappa shape index (κ1) is 16.2. The molecule has 0 bridgehead atoms. The van der Waals surface area contributed by atoms with Gasteiger partial charge in [0, 0.05) is 6.04 Å². The van der Waals surface area contributed by atoms with Crippen LogP contribution >= 0.6 is 0 Å². The van der Waals surface area contributed by atoms with Gasteiger partial charge in [-0.1, -0.05) is 13.8 Å². The molecule has 0 fully saturated rings. The Hall–Kier alpha value is -1.79. The molecule has 18 heavy (non-hydrogen) atoms. The van der Waals surface area contributed by atoms with Crippen molar-refractivity contribution >= 4 is 17.9 Å². The molecular weight excluding hydrogens is 238 g/mol. The third kappa shape index (κ3) is 5.03. The molecule has 0 aromatic rings. The van der Waals surface area contributed by atoms with Gasteiger partial charge in [0.2, 0.25) is 5.91 Å². The Balaban J connectivity index is 4.42. The summed E-state index contributed by atoms with van der Waals surface area (Å²) >= 11 is 0. The highest BCUT2D eigenvalue weighted by Gasteiger charge is 2.25. The van der Waals surface area contributed by atoms with Crippen molar-refractivity contribution in [3.05, 3.63) is 0 Å². The summed E-state index contributed by atoms with van der Waals surface area (Å²) in [5.74, 6) is -2.49. The molecule has 104 valence electrons. The molecular formula is C11H21N3O4. The van der Waals surface area contributed by atoms with Crippen LogP contribution in [0.15, 0.2) is 0 Å². The number of urea groups is 1. The van der Waals surface area contributed by atoms with Gasteiger partial charge in [0.15, 0.2) is 0 Å². The van der Waals surface area contributed by atoms with Crippen molar-refractivity contribution in [1.29, 1.82) is 0 Å². The molecule has 3 amide bonds. The molecule has 0 spiro atoms. The van der Waals surface area contributed by atoms with E-state index in [-0.39, 0.29) is 5.92 Å². The van der Waals surface area contributed by atoms with Gasteiger partial charge >= 0.3 is 12.0 Å². The van der Waals surface area contributed by atoms with E-state index in [1.165, 1.54) is 6.92 Å². The molecule has 0 aliphatic heterocycles. The molecule has 0 aromatic carbocycles. The molecule has 0 aromatic heterocycles. The number of hydrogen-bond donors (Lipinski definition) is 4. The molecule has 0 rings (SSSR count). The number of carbonyl (C=O) groups is 3. The second-order valence-corrected chi connectivity index (χ2v) is 4.66. The van der Waals surface area contributed by atoms with E-state index in [1.54, 1.807) is 20.8 Å². The average molecular weight is 259 g/mol. The topological polar surface area (TPSA) is 122 Å². The van der Waals surface area contributed by atoms with Gasteiger partial charge in [0.1, 0.15) is 6.04 Å². The number of nitrogens with one attached hydrogen (secondary N) is 2. The summed E-state index contributed by atoms with van der Waals surface area (Å²) in [6, 6.07) is -1.94. The summed E-state index contributed by atoms with van der Waals surface area (Å²) < 4.78 is 0. The fourth-order valence-corrected chi connectivity index (χ4v) is 1.29. The number of hydrogen-bond acceptors (Lipinski definition) is 3. The molecule has 7 heteroatoms. The van der Waals surface area contributed by atoms with Crippen molar-refractivity contribution in [2.45, 2.75) is 39.8 Å². The Morgan fingerprint density at radius 2 is 1.56 bits per heavy atom. The maximum Gasteiger partial charge on any atom is 0.315 e. The Kier molecular flexibility index (Phi) is 6.15. The largest absolute Gasteiger partial charge is 0.481 e. The fourth-order valence-electron chi connectivity index (χ4n) is 1.29.